The third-order valence-corrected chi connectivity index (χ3v) is 3.27. The Hall–Kier alpha value is -0.610. The molecule has 2 aromatic rings. The standard InChI is InChI=1S/C11H13BrClN3/c1-11(2,3)16-9-5-7(6-13)4-8(12)10(9)14-15-16/h4-5H,6H2,1-3H3. The van der Waals surface area contributed by atoms with Crippen LogP contribution < -0.4 is 0 Å². The molecule has 0 aliphatic rings. The predicted octanol–water partition coefficient (Wildman–Crippen LogP) is 3.69. The quantitative estimate of drug-likeness (QED) is 0.752. The molecule has 2 rings (SSSR count). The lowest BCUT2D eigenvalue weighted by atomic mass is 10.1. The summed E-state index contributed by atoms with van der Waals surface area (Å²) in [6.45, 7) is 6.30. The summed E-state index contributed by atoms with van der Waals surface area (Å²) >= 11 is 9.36. The molecule has 3 nitrogen and oxygen atoms in total. The van der Waals surface area contributed by atoms with Crippen molar-refractivity contribution < 1.29 is 0 Å². The zero-order valence-electron chi connectivity index (χ0n) is 9.46. The lowest BCUT2D eigenvalue weighted by molar-refractivity contribution is 0.358. The van der Waals surface area contributed by atoms with E-state index in [2.05, 4.69) is 47.0 Å². The normalized spacial score (nSPS) is 12.3. The van der Waals surface area contributed by atoms with Gasteiger partial charge in [-0.2, -0.15) is 0 Å². The van der Waals surface area contributed by atoms with Crippen LogP contribution in [0.25, 0.3) is 11.0 Å². The molecule has 0 atom stereocenters. The van der Waals surface area contributed by atoms with Crippen LogP contribution in [0.5, 0.6) is 0 Å². The van der Waals surface area contributed by atoms with Gasteiger partial charge in [-0.15, -0.1) is 16.7 Å². The molecular formula is C11H13BrClN3. The highest BCUT2D eigenvalue weighted by Gasteiger charge is 2.19. The molecule has 1 aromatic carbocycles. The van der Waals surface area contributed by atoms with Gasteiger partial charge in [0.1, 0.15) is 5.52 Å². The maximum atomic E-state index is 5.86. The van der Waals surface area contributed by atoms with Crippen LogP contribution in [0.4, 0.5) is 0 Å². The average molecular weight is 303 g/mol. The topological polar surface area (TPSA) is 30.7 Å². The second-order valence-corrected chi connectivity index (χ2v) is 5.87. The van der Waals surface area contributed by atoms with E-state index in [0.29, 0.717) is 5.88 Å². The van der Waals surface area contributed by atoms with Crippen LogP contribution in [0.15, 0.2) is 16.6 Å². The fraction of sp³-hybridized carbons (Fsp3) is 0.455. The van der Waals surface area contributed by atoms with Gasteiger partial charge in [0.2, 0.25) is 0 Å². The van der Waals surface area contributed by atoms with Gasteiger partial charge in [-0.25, -0.2) is 4.68 Å². The Morgan fingerprint density at radius 2 is 2.06 bits per heavy atom. The van der Waals surface area contributed by atoms with Crippen molar-refractivity contribution in [3.05, 3.63) is 22.2 Å². The molecule has 86 valence electrons. The SMILES string of the molecule is CC(C)(C)n1nnc2c(Br)cc(CCl)cc21. The van der Waals surface area contributed by atoms with Crippen molar-refractivity contribution >= 4 is 38.6 Å². The maximum absolute atomic E-state index is 5.86. The summed E-state index contributed by atoms with van der Waals surface area (Å²) in [6.07, 6.45) is 0. The first-order chi connectivity index (χ1) is 7.43. The highest BCUT2D eigenvalue weighted by Crippen LogP contribution is 2.27. The Bertz CT molecular complexity index is 528. The zero-order chi connectivity index (χ0) is 11.9. The molecular weight excluding hydrogens is 289 g/mol. The number of fused-ring (bicyclic) bond motifs is 1. The van der Waals surface area contributed by atoms with E-state index in [1.165, 1.54) is 0 Å². The number of hydrogen-bond donors (Lipinski definition) is 0. The van der Waals surface area contributed by atoms with Crippen molar-refractivity contribution in [3.63, 3.8) is 0 Å². The van der Waals surface area contributed by atoms with Crippen LogP contribution in [0, 0.1) is 0 Å². The summed E-state index contributed by atoms with van der Waals surface area (Å²) in [5.41, 5.74) is 2.87. The van der Waals surface area contributed by atoms with Crippen molar-refractivity contribution in [2.45, 2.75) is 32.2 Å². The van der Waals surface area contributed by atoms with Gasteiger partial charge in [0.25, 0.3) is 0 Å². The number of nitrogens with zero attached hydrogens (tertiary/aromatic N) is 3. The summed E-state index contributed by atoms with van der Waals surface area (Å²) in [4.78, 5) is 0. The molecule has 0 fully saturated rings. The molecule has 0 unspecified atom stereocenters. The van der Waals surface area contributed by atoms with Gasteiger partial charge in [0.15, 0.2) is 0 Å². The van der Waals surface area contributed by atoms with Gasteiger partial charge in [0.05, 0.1) is 11.1 Å². The van der Waals surface area contributed by atoms with Gasteiger partial charge >= 0.3 is 0 Å². The molecule has 1 aromatic heterocycles. The Balaban J connectivity index is 2.75. The summed E-state index contributed by atoms with van der Waals surface area (Å²) < 4.78 is 2.86. The maximum Gasteiger partial charge on any atom is 0.127 e. The van der Waals surface area contributed by atoms with Gasteiger partial charge in [-0.05, 0) is 54.4 Å². The number of rotatable bonds is 1. The molecule has 0 amide bonds. The summed E-state index contributed by atoms with van der Waals surface area (Å²) in [5.74, 6) is 0.490. The summed E-state index contributed by atoms with van der Waals surface area (Å²) in [6, 6.07) is 4.02. The van der Waals surface area contributed by atoms with E-state index in [9.17, 15) is 0 Å². The third kappa shape index (κ3) is 1.96. The van der Waals surface area contributed by atoms with E-state index in [-0.39, 0.29) is 5.54 Å². The van der Waals surface area contributed by atoms with E-state index in [1.54, 1.807) is 0 Å². The van der Waals surface area contributed by atoms with Crippen LogP contribution in [-0.4, -0.2) is 15.0 Å². The van der Waals surface area contributed by atoms with Crippen molar-refractivity contribution in [1.82, 2.24) is 15.0 Å². The molecule has 0 spiro atoms. The molecule has 16 heavy (non-hydrogen) atoms. The number of halogens is 2. The van der Waals surface area contributed by atoms with Gasteiger partial charge in [-0.1, -0.05) is 5.21 Å². The van der Waals surface area contributed by atoms with Crippen molar-refractivity contribution in [2.24, 2.45) is 0 Å². The predicted molar refractivity (Wildman–Crippen MR) is 69.8 cm³/mol. The second-order valence-electron chi connectivity index (χ2n) is 4.75. The van der Waals surface area contributed by atoms with Crippen molar-refractivity contribution in [3.8, 4) is 0 Å². The lowest BCUT2D eigenvalue weighted by Crippen LogP contribution is -2.23. The summed E-state index contributed by atoms with van der Waals surface area (Å²) in [7, 11) is 0. The number of alkyl halides is 1. The monoisotopic (exact) mass is 301 g/mol. The number of hydrogen-bond acceptors (Lipinski definition) is 2. The molecule has 1 heterocycles. The Kier molecular flexibility index (Phi) is 2.97. The molecule has 0 aliphatic carbocycles. The van der Waals surface area contributed by atoms with Crippen molar-refractivity contribution in [2.75, 3.05) is 0 Å². The van der Waals surface area contributed by atoms with Crippen LogP contribution in [0.1, 0.15) is 26.3 Å². The molecule has 0 saturated carbocycles. The second kappa shape index (κ2) is 4.00. The van der Waals surface area contributed by atoms with E-state index in [1.807, 2.05) is 16.8 Å². The first kappa shape index (κ1) is 11.9. The summed E-state index contributed by atoms with van der Waals surface area (Å²) in [5, 5.41) is 8.38. The third-order valence-electron chi connectivity index (χ3n) is 2.36. The van der Waals surface area contributed by atoms with Gasteiger partial charge in [0, 0.05) is 10.4 Å². The van der Waals surface area contributed by atoms with E-state index >= 15 is 0 Å². The Morgan fingerprint density at radius 3 is 2.62 bits per heavy atom. The fourth-order valence-electron chi connectivity index (χ4n) is 1.61. The minimum atomic E-state index is -0.0842. The minimum absolute atomic E-state index is 0.0842. The first-order valence-corrected chi connectivity index (χ1v) is 6.36. The van der Waals surface area contributed by atoms with Crippen LogP contribution in [-0.2, 0) is 11.4 Å². The molecule has 0 saturated heterocycles. The smallest absolute Gasteiger partial charge is 0.127 e. The fourth-order valence-corrected chi connectivity index (χ4v) is 2.34. The minimum Gasteiger partial charge on any atom is -0.239 e. The zero-order valence-corrected chi connectivity index (χ0v) is 11.8. The molecule has 0 radical (unpaired) electrons. The molecule has 0 bridgehead atoms. The van der Waals surface area contributed by atoms with Crippen molar-refractivity contribution in [1.29, 1.82) is 0 Å². The average Bonchev–Trinajstić information content (AvgIpc) is 2.60. The highest BCUT2D eigenvalue weighted by atomic mass is 79.9. The van der Waals surface area contributed by atoms with E-state index in [0.717, 1.165) is 21.1 Å². The number of aromatic nitrogens is 3. The molecule has 0 N–H and O–H groups in total. The van der Waals surface area contributed by atoms with Gasteiger partial charge < -0.3 is 0 Å². The largest absolute Gasteiger partial charge is 0.239 e. The number of benzene rings is 1. The first-order valence-electron chi connectivity index (χ1n) is 5.04. The van der Waals surface area contributed by atoms with E-state index in [4.69, 9.17) is 11.6 Å². The van der Waals surface area contributed by atoms with E-state index < -0.39 is 0 Å². The molecule has 0 aliphatic heterocycles. The Morgan fingerprint density at radius 1 is 1.38 bits per heavy atom. The van der Waals surface area contributed by atoms with Crippen LogP contribution in [0.3, 0.4) is 0 Å². The van der Waals surface area contributed by atoms with Crippen LogP contribution in [0.2, 0.25) is 0 Å². The van der Waals surface area contributed by atoms with Crippen LogP contribution >= 0.6 is 27.5 Å². The Labute approximate surface area is 108 Å². The molecule has 5 heteroatoms. The highest BCUT2D eigenvalue weighted by molar-refractivity contribution is 9.10. The lowest BCUT2D eigenvalue weighted by Gasteiger charge is -2.19. The van der Waals surface area contributed by atoms with Gasteiger partial charge in [-0.3, -0.25) is 0 Å².